The Bertz CT molecular complexity index is 585. The van der Waals surface area contributed by atoms with Crippen LogP contribution in [0.1, 0.15) is 51.0 Å². The van der Waals surface area contributed by atoms with Crippen molar-refractivity contribution >= 4 is 0 Å². The molecule has 3 fully saturated rings. The van der Waals surface area contributed by atoms with Crippen LogP contribution in [0.2, 0.25) is 0 Å². The van der Waals surface area contributed by atoms with Crippen LogP contribution in [0.25, 0.3) is 0 Å². The minimum absolute atomic E-state index is 0.515. The van der Waals surface area contributed by atoms with Crippen LogP contribution >= 0.6 is 0 Å². The predicted octanol–water partition coefficient (Wildman–Crippen LogP) is 5.59. The molecule has 7 atom stereocenters. The number of fused-ring (bicyclic) bond motifs is 9. The van der Waals surface area contributed by atoms with E-state index in [4.69, 9.17) is 0 Å². The van der Waals surface area contributed by atoms with Crippen molar-refractivity contribution in [2.24, 2.45) is 35.5 Å². The lowest BCUT2D eigenvalue weighted by molar-refractivity contribution is 0.111. The van der Waals surface area contributed by atoms with Gasteiger partial charge in [0.1, 0.15) is 0 Å². The predicted molar refractivity (Wildman–Crippen MR) is 91.6 cm³/mol. The number of unbranched alkanes of at least 4 members (excludes halogenated alkanes) is 1. The van der Waals surface area contributed by atoms with Crippen LogP contribution in [0.3, 0.4) is 0 Å². The molecule has 3 saturated carbocycles. The van der Waals surface area contributed by atoms with Crippen molar-refractivity contribution in [1.82, 2.24) is 0 Å². The van der Waals surface area contributed by atoms with Crippen LogP contribution < -0.4 is 0 Å². The highest BCUT2D eigenvalue weighted by Gasteiger charge is 2.65. The zero-order valence-corrected chi connectivity index (χ0v) is 13.7. The van der Waals surface area contributed by atoms with Crippen molar-refractivity contribution < 1.29 is 0 Å². The van der Waals surface area contributed by atoms with Gasteiger partial charge in [-0.05, 0) is 72.2 Å². The molecule has 0 saturated heterocycles. The van der Waals surface area contributed by atoms with Crippen LogP contribution in [0.4, 0.5) is 0 Å². The fourth-order valence-electron chi connectivity index (χ4n) is 7.23. The normalized spacial score (nSPS) is 47.3. The summed E-state index contributed by atoms with van der Waals surface area (Å²) in [5.74, 6) is 5.94. The second kappa shape index (κ2) is 4.73. The lowest BCUT2D eigenvalue weighted by Crippen LogP contribution is -2.42. The SMILES string of the molecule is CCCCC1(c2ccccc2)CC2CC1C1C3C=CC(C3)C21. The third-order valence-corrected chi connectivity index (χ3v) is 7.81. The zero-order chi connectivity index (χ0) is 14.7. The summed E-state index contributed by atoms with van der Waals surface area (Å²) in [6, 6.07) is 11.6. The van der Waals surface area contributed by atoms with E-state index >= 15 is 0 Å². The number of benzene rings is 1. The first-order chi connectivity index (χ1) is 10.8. The molecule has 0 nitrogen and oxygen atoms in total. The van der Waals surface area contributed by atoms with Crippen molar-refractivity contribution in [2.45, 2.75) is 50.9 Å². The molecule has 0 aliphatic heterocycles. The van der Waals surface area contributed by atoms with Gasteiger partial charge >= 0.3 is 0 Å². The molecule has 4 bridgehead atoms. The molecule has 0 radical (unpaired) electrons. The monoisotopic (exact) mass is 292 g/mol. The molecule has 5 rings (SSSR count). The average molecular weight is 292 g/mol. The van der Waals surface area contributed by atoms with E-state index in [0.29, 0.717) is 5.41 Å². The third kappa shape index (κ3) is 1.59. The smallest absolute Gasteiger partial charge is 0.00130 e. The summed E-state index contributed by atoms with van der Waals surface area (Å²) in [5.41, 5.74) is 2.18. The lowest BCUT2D eigenvalue weighted by Gasteiger charge is -2.46. The standard InChI is InChI=1S/C22H28/c1-2-3-11-22(18-7-5-4-6-8-18)14-17-13-19(22)21-16-10-9-15(12-16)20(17)21/h4-10,15-17,19-21H,2-3,11-14H2,1H3. The second-order valence-corrected chi connectivity index (χ2v) is 8.54. The molecule has 0 spiro atoms. The van der Waals surface area contributed by atoms with Crippen molar-refractivity contribution in [1.29, 1.82) is 0 Å². The topological polar surface area (TPSA) is 0 Å². The van der Waals surface area contributed by atoms with Gasteiger partial charge in [-0.25, -0.2) is 0 Å². The van der Waals surface area contributed by atoms with E-state index in [1.165, 1.54) is 38.5 Å². The summed E-state index contributed by atoms with van der Waals surface area (Å²) < 4.78 is 0. The van der Waals surface area contributed by atoms with Gasteiger partial charge in [0.25, 0.3) is 0 Å². The molecule has 22 heavy (non-hydrogen) atoms. The lowest BCUT2D eigenvalue weighted by atomic mass is 9.58. The van der Waals surface area contributed by atoms with Crippen molar-refractivity contribution in [3.63, 3.8) is 0 Å². The average Bonchev–Trinajstić information content (AvgIpc) is 3.31. The maximum Gasteiger partial charge on any atom is -0.00130 e. The van der Waals surface area contributed by atoms with E-state index in [9.17, 15) is 0 Å². The highest BCUT2D eigenvalue weighted by atomic mass is 14.7. The van der Waals surface area contributed by atoms with Gasteiger partial charge < -0.3 is 0 Å². The second-order valence-electron chi connectivity index (χ2n) is 8.54. The van der Waals surface area contributed by atoms with E-state index in [-0.39, 0.29) is 0 Å². The van der Waals surface area contributed by atoms with Gasteiger partial charge in [-0.2, -0.15) is 0 Å². The quantitative estimate of drug-likeness (QED) is 0.501. The molecule has 0 amide bonds. The summed E-state index contributed by atoms with van der Waals surface area (Å²) >= 11 is 0. The first-order valence-electron chi connectivity index (χ1n) is 9.57. The van der Waals surface area contributed by atoms with Gasteiger partial charge in [-0.1, -0.05) is 62.2 Å². The number of hydrogen-bond donors (Lipinski definition) is 0. The molecular weight excluding hydrogens is 264 g/mol. The molecule has 116 valence electrons. The van der Waals surface area contributed by atoms with Crippen LogP contribution in [-0.2, 0) is 5.41 Å². The Balaban J connectivity index is 1.56. The summed E-state index contributed by atoms with van der Waals surface area (Å²) in [5, 5.41) is 0. The first kappa shape index (κ1) is 13.4. The van der Waals surface area contributed by atoms with Gasteiger partial charge in [0.2, 0.25) is 0 Å². The van der Waals surface area contributed by atoms with E-state index in [0.717, 1.165) is 35.5 Å². The highest BCUT2D eigenvalue weighted by Crippen LogP contribution is 2.71. The molecule has 0 heteroatoms. The third-order valence-electron chi connectivity index (χ3n) is 7.81. The fraction of sp³-hybridized carbons (Fsp3) is 0.636. The van der Waals surface area contributed by atoms with Crippen molar-refractivity contribution in [2.75, 3.05) is 0 Å². The Morgan fingerprint density at radius 2 is 1.77 bits per heavy atom. The Morgan fingerprint density at radius 1 is 1.00 bits per heavy atom. The van der Waals surface area contributed by atoms with Crippen molar-refractivity contribution in [3.05, 3.63) is 48.0 Å². The Kier molecular flexibility index (Phi) is 2.88. The number of allylic oxidation sites excluding steroid dienone is 2. The van der Waals surface area contributed by atoms with Crippen LogP contribution in [0.15, 0.2) is 42.5 Å². The number of hydrogen-bond acceptors (Lipinski definition) is 0. The highest BCUT2D eigenvalue weighted by molar-refractivity contribution is 5.34. The maximum atomic E-state index is 2.59. The van der Waals surface area contributed by atoms with Crippen molar-refractivity contribution in [3.8, 4) is 0 Å². The van der Waals surface area contributed by atoms with E-state index in [1.54, 1.807) is 5.56 Å². The van der Waals surface area contributed by atoms with Gasteiger partial charge in [0, 0.05) is 0 Å². The molecular formula is C22H28. The molecule has 1 aromatic carbocycles. The summed E-state index contributed by atoms with van der Waals surface area (Å²) in [4.78, 5) is 0. The molecule has 0 aromatic heterocycles. The van der Waals surface area contributed by atoms with Gasteiger partial charge in [-0.15, -0.1) is 0 Å². The van der Waals surface area contributed by atoms with Crippen LogP contribution in [-0.4, -0.2) is 0 Å². The van der Waals surface area contributed by atoms with Gasteiger partial charge in [0.05, 0.1) is 0 Å². The molecule has 0 N–H and O–H groups in total. The van der Waals surface area contributed by atoms with E-state index in [1.807, 2.05) is 0 Å². The maximum absolute atomic E-state index is 2.59. The van der Waals surface area contributed by atoms with Crippen LogP contribution in [0, 0.1) is 35.5 Å². The minimum atomic E-state index is 0.515. The summed E-state index contributed by atoms with van der Waals surface area (Å²) in [6.07, 6.45) is 13.8. The van der Waals surface area contributed by atoms with Crippen LogP contribution in [0.5, 0.6) is 0 Å². The molecule has 0 heterocycles. The molecule has 7 unspecified atom stereocenters. The molecule has 4 aliphatic rings. The minimum Gasteiger partial charge on any atom is -0.0848 e. The number of rotatable bonds is 4. The molecule has 4 aliphatic carbocycles. The summed E-state index contributed by atoms with van der Waals surface area (Å²) in [7, 11) is 0. The van der Waals surface area contributed by atoms with Gasteiger partial charge in [0.15, 0.2) is 0 Å². The molecule has 1 aromatic rings. The zero-order valence-electron chi connectivity index (χ0n) is 13.7. The largest absolute Gasteiger partial charge is 0.0848 e. The Labute approximate surface area is 135 Å². The van der Waals surface area contributed by atoms with Gasteiger partial charge in [-0.3, -0.25) is 0 Å². The van der Waals surface area contributed by atoms with E-state index < -0.39 is 0 Å². The van der Waals surface area contributed by atoms with E-state index in [2.05, 4.69) is 49.4 Å². The Hall–Kier alpha value is -1.04. The summed E-state index contributed by atoms with van der Waals surface area (Å²) in [6.45, 7) is 2.36. The Morgan fingerprint density at radius 3 is 2.55 bits per heavy atom. The first-order valence-corrected chi connectivity index (χ1v) is 9.57. The fourth-order valence-corrected chi connectivity index (χ4v) is 7.23.